The van der Waals surface area contributed by atoms with Crippen LogP contribution in [0.1, 0.15) is 17.5 Å². The van der Waals surface area contributed by atoms with E-state index in [1.54, 1.807) is 11.9 Å². The minimum absolute atomic E-state index is 0.122. The molecule has 2 heterocycles. The Bertz CT molecular complexity index is 661. The Morgan fingerprint density at radius 1 is 1.14 bits per heavy atom. The molecule has 2 fully saturated rings. The molecule has 3 rings (SSSR count). The number of aliphatic hydroxyl groups excluding tert-OH is 1. The molecule has 2 aliphatic heterocycles. The van der Waals surface area contributed by atoms with Crippen molar-refractivity contribution in [2.45, 2.75) is 25.6 Å². The Kier molecular flexibility index (Phi) is 7.24. The van der Waals surface area contributed by atoms with E-state index in [2.05, 4.69) is 27.7 Å². The predicted octanol–water partition coefficient (Wildman–Crippen LogP) is 0.157. The zero-order chi connectivity index (χ0) is 19.9. The van der Waals surface area contributed by atoms with Gasteiger partial charge in [-0.3, -0.25) is 9.69 Å². The highest BCUT2D eigenvalue weighted by Gasteiger charge is 2.34. The number of ether oxygens (including phenoxy) is 1. The summed E-state index contributed by atoms with van der Waals surface area (Å²) in [6, 6.07) is 8.04. The van der Waals surface area contributed by atoms with Crippen LogP contribution in [-0.2, 0) is 22.6 Å². The average molecular weight is 390 g/mol. The third kappa shape index (κ3) is 5.67. The first-order chi connectivity index (χ1) is 13.5. The second-order valence-electron chi connectivity index (χ2n) is 7.47. The van der Waals surface area contributed by atoms with Crippen LogP contribution < -0.4 is 10.6 Å². The summed E-state index contributed by atoms with van der Waals surface area (Å²) in [7, 11) is 1.57. The summed E-state index contributed by atoms with van der Waals surface area (Å²) >= 11 is 0. The first kappa shape index (κ1) is 20.6. The van der Waals surface area contributed by atoms with Gasteiger partial charge in [0.1, 0.15) is 0 Å². The second-order valence-corrected chi connectivity index (χ2v) is 7.47. The zero-order valence-electron chi connectivity index (χ0n) is 16.4. The number of morpholine rings is 1. The number of aliphatic hydroxyl groups is 1. The Morgan fingerprint density at radius 2 is 1.82 bits per heavy atom. The molecular weight excluding hydrogens is 360 g/mol. The Morgan fingerprint density at radius 3 is 2.50 bits per heavy atom. The van der Waals surface area contributed by atoms with Crippen molar-refractivity contribution in [1.82, 2.24) is 20.4 Å². The minimum atomic E-state index is -0.664. The van der Waals surface area contributed by atoms with E-state index in [-0.39, 0.29) is 30.8 Å². The van der Waals surface area contributed by atoms with Crippen molar-refractivity contribution in [3.63, 3.8) is 0 Å². The summed E-state index contributed by atoms with van der Waals surface area (Å²) in [5.74, 6) is -0.339. The van der Waals surface area contributed by atoms with Gasteiger partial charge in [-0.25, -0.2) is 4.79 Å². The molecule has 0 bridgehead atoms. The topological polar surface area (TPSA) is 94.1 Å². The molecule has 1 aromatic carbocycles. The van der Waals surface area contributed by atoms with Crippen molar-refractivity contribution in [2.24, 2.45) is 5.92 Å². The molecule has 28 heavy (non-hydrogen) atoms. The molecule has 2 atom stereocenters. The average Bonchev–Trinajstić information content (AvgIpc) is 3.08. The monoisotopic (exact) mass is 390 g/mol. The van der Waals surface area contributed by atoms with Crippen LogP contribution in [0.3, 0.4) is 0 Å². The maximum absolute atomic E-state index is 12.4. The summed E-state index contributed by atoms with van der Waals surface area (Å²) in [6.45, 7) is 5.49. The molecule has 3 amide bonds. The summed E-state index contributed by atoms with van der Waals surface area (Å²) < 4.78 is 5.37. The van der Waals surface area contributed by atoms with Crippen LogP contribution in [-0.4, -0.2) is 79.4 Å². The Labute approximate surface area is 165 Å². The van der Waals surface area contributed by atoms with Crippen LogP contribution in [0, 0.1) is 5.92 Å². The highest BCUT2D eigenvalue weighted by atomic mass is 16.5. The van der Waals surface area contributed by atoms with Gasteiger partial charge >= 0.3 is 6.03 Å². The van der Waals surface area contributed by atoms with Crippen LogP contribution >= 0.6 is 0 Å². The van der Waals surface area contributed by atoms with Gasteiger partial charge in [-0.15, -0.1) is 0 Å². The molecule has 2 aliphatic rings. The van der Waals surface area contributed by atoms with E-state index >= 15 is 0 Å². The fraction of sp³-hybridized carbons (Fsp3) is 0.600. The number of nitrogens with zero attached hydrogens (tertiary/aromatic N) is 2. The first-order valence-corrected chi connectivity index (χ1v) is 9.84. The van der Waals surface area contributed by atoms with Crippen molar-refractivity contribution < 1.29 is 19.4 Å². The third-order valence-corrected chi connectivity index (χ3v) is 5.40. The molecule has 0 unspecified atom stereocenters. The van der Waals surface area contributed by atoms with Crippen LogP contribution in [0.2, 0.25) is 0 Å². The number of hydrogen-bond donors (Lipinski definition) is 3. The van der Waals surface area contributed by atoms with E-state index < -0.39 is 6.10 Å². The van der Waals surface area contributed by atoms with Gasteiger partial charge in [0.15, 0.2) is 0 Å². The van der Waals surface area contributed by atoms with Crippen molar-refractivity contribution in [2.75, 3.05) is 46.4 Å². The molecular formula is C20H30N4O4. The van der Waals surface area contributed by atoms with Gasteiger partial charge in [0, 0.05) is 58.7 Å². The van der Waals surface area contributed by atoms with Crippen molar-refractivity contribution in [3.8, 4) is 0 Å². The number of amides is 3. The predicted molar refractivity (Wildman–Crippen MR) is 105 cm³/mol. The molecule has 0 saturated carbocycles. The minimum Gasteiger partial charge on any atom is -0.391 e. The largest absolute Gasteiger partial charge is 0.391 e. The van der Waals surface area contributed by atoms with E-state index in [0.29, 0.717) is 13.1 Å². The number of nitrogens with one attached hydrogen (secondary N) is 2. The summed E-state index contributed by atoms with van der Waals surface area (Å²) in [6.07, 6.45) is -0.436. The van der Waals surface area contributed by atoms with Crippen molar-refractivity contribution >= 4 is 11.9 Å². The standard InChI is InChI=1S/C20H30N4O4/c1-21-19(26)10-17-13-24(14-18(17)25)20(27)22-11-15-2-4-16(5-3-15)12-23-6-8-28-9-7-23/h2-5,17-18,25H,6-14H2,1H3,(H,21,26)(H,22,27)/t17-,18-/m1/s1. The molecule has 0 aromatic heterocycles. The SMILES string of the molecule is CNC(=O)C[C@@H]1CN(C(=O)NCc2ccc(CN3CCOCC3)cc2)C[C@H]1O. The number of carbonyl (C=O) groups excluding carboxylic acids is 2. The highest BCUT2D eigenvalue weighted by Crippen LogP contribution is 2.20. The second kappa shape index (κ2) is 9.86. The van der Waals surface area contributed by atoms with Gasteiger partial charge in [0.05, 0.1) is 19.3 Å². The van der Waals surface area contributed by atoms with Crippen molar-refractivity contribution in [1.29, 1.82) is 0 Å². The molecule has 8 heteroatoms. The zero-order valence-corrected chi connectivity index (χ0v) is 16.4. The quantitative estimate of drug-likeness (QED) is 0.643. The van der Waals surface area contributed by atoms with Gasteiger partial charge in [-0.2, -0.15) is 0 Å². The number of hydrogen-bond acceptors (Lipinski definition) is 5. The molecule has 0 radical (unpaired) electrons. The lowest BCUT2D eigenvalue weighted by atomic mass is 10.0. The molecule has 2 saturated heterocycles. The number of rotatable bonds is 6. The van der Waals surface area contributed by atoms with Gasteiger partial charge in [0.25, 0.3) is 0 Å². The molecule has 0 aliphatic carbocycles. The number of benzene rings is 1. The summed E-state index contributed by atoms with van der Waals surface area (Å²) in [5, 5.41) is 15.5. The third-order valence-electron chi connectivity index (χ3n) is 5.40. The van der Waals surface area contributed by atoms with E-state index in [4.69, 9.17) is 4.74 Å². The number of β-amino-alcohol motifs (C(OH)–C–C–N with tert-alkyl or cyclic N) is 1. The maximum Gasteiger partial charge on any atom is 0.317 e. The summed E-state index contributed by atoms with van der Waals surface area (Å²) in [5.41, 5.74) is 2.28. The Balaban J connectivity index is 1.43. The van der Waals surface area contributed by atoms with Gasteiger partial charge in [-0.05, 0) is 11.1 Å². The number of likely N-dealkylation sites (tertiary alicyclic amines) is 1. The van der Waals surface area contributed by atoms with Crippen LogP contribution in [0.25, 0.3) is 0 Å². The van der Waals surface area contributed by atoms with E-state index in [1.807, 2.05) is 12.1 Å². The fourth-order valence-electron chi connectivity index (χ4n) is 3.63. The normalized spacial score (nSPS) is 22.9. The molecule has 8 nitrogen and oxygen atoms in total. The van der Waals surface area contributed by atoms with Crippen molar-refractivity contribution in [3.05, 3.63) is 35.4 Å². The van der Waals surface area contributed by atoms with Gasteiger partial charge < -0.3 is 25.4 Å². The smallest absolute Gasteiger partial charge is 0.317 e. The Hall–Kier alpha value is -2.16. The van der Waals surface area contributed by atoms with Crippen LogP contribution in [0.4, 0.5) is 4.79 Å². The molecule has 1 aromatic rings. The fourth-order valence-corrected chi connectivity index (χ4v) is 3.63. The number of urea groups is 1. The lowest BCUT2D eigenvalue weighted by molar-refractivity contribution is -0.122. The highest BCUT2D eigenvalue weighted by molar-refractivity contribution is 5.77. The van der Waals surface area contributed by atoms with Crippen LogP contribution in [0.15, 0.2) is 24.3 Å². The molecule has 0 spiro atoms. The maximum atomic E-state index is 12.4. The van der Waals surface area contributed by atoms with E-state index in [9.17, 15) is 14.7 Å². The summed E-state index contributed by atoms with van der Waals surface area (Å²) in [4.78, 5) is 27.8. The lowest BCUT2D eigenvalue weighted by Crippen LogP contribution is -2.38. The molecule has 3 N–H and O–H groups in total. The van der Waals surface area contributed by atoms with Crippen LogP contribution in [0.5, 0.6) is 0 Å². The number of carbonyl (C=O) groups is 2. The lowest BCUT2D eigenvalue weighted by Gasteiger charge is -2.26. The van der Waals surface area contributed by atoms with E-state index in [1.165, 1.54) is 5.56 Å². The first-order valence-electron chi connectivity index (χ1n) is 9.84. The van der Waals surface area contributed by atoms with Gasteiger partial charge in [-0.1, -0.05) is 24.3 Å². The molecule has 154 valence electrons. The van der Waals surface area contributed by atoms with Gasteiger partial charge in [0.2, 0.25) is 5.91 Å². The van der Waals surface area contributed by atoms with E-state index in [0.717, 1.165) is 38.4 Å².